The summed E-state index contributed by atoms with van der Waals surface area (Å²) in [4.78, 5) is 96.7. The van der Waals surface area contributed by atoms with Crippen LogP contribution in [0.15, 0.2) is 0 Å². The Labute approximate surface area is 542 Å². The monoisotopic (exact) mass is 1070 g/mol. The average Bonchev–Trinajstić information content (AvgIpc) is 2.95. The molecular formula is C22H28N6Na8O24S4. The second-order valence-electron chi connectivity index (χ2n) is 11.1. The van der Waals surface area contributed by atoms with Crippen molar-refractivity contribution in [1.82, 2.24) is 31.1 Å². The largest absolute Gasteiger partial charge is 1.00 e. The molecule has 0 aliphatic heterocycles. The van der Waals surface area contributed by atoms with Crippen molar-refractivity contribution < 1.29 is 347 Å². The molecule has 30 nitrogen and oxygen atoms in total. The summed E-state index contributed by atoms with van der Waals surface area (Å²) >= 11 is 0. The number of hydrogen-bond donors (Lipinski definition) is 4. The van der Waals surface area contributed by atoms with Crippen molar-refractivity contribution in [2.75, 3.05) is 62.3 Å². The molecule has 0 spiro atoms. The second-order valence-corrected chi connectivity index (χ2v) is 16.9. The quantitative estimate of drug-likeness (QED) is 0.0438. The Balaban J connectivity index is -0.000000540. The van der Waals surface area contributed by atoms with Crippen LogP contribution in [0.2, 0.25) is 0 Å². The van der Waals surface area contributed by atoms with Crippen LogP contribution in [0.5, 0.6) is 0 Å². The first-order chi connectivity index (χ1) is 25.2. The molecule has 4 amide bonds. The molecule has 4 N–H and O–H groups in total. The zero-order valence-corrected chi connectivity index (χ0v) is 55.0. The molecule has 4 unspecified atom stereocenters. The van der Waals surface area contributed by atoms with Crippen LogP contribution in [0, 0.1) is 0 Å². The summed E-state index contributed by atoms with van der Waals surface area (Å²) < 4.78 is 132. The van der Waals surface area contributed by atoms with Crippen molar-refractivity contribution in [3.63, 3.8) is 0 Å². The maximum atomic E-state index is 12.6. The first-order valence-electron chi connectivity index (χ1n) is 14.4. The van der Waals surface area contributed by atoms with E-state index in [9.17, 15) is 111 Å². The molecule has 42 heteroatoms. The molecule has 4 atom stereocenters. The molecule has 0 aliphatic carbocycles. The molecule has 64 heavy (non-hydrogen) atoms. The number of amides is 4. The standard InChI is InChI=1S/C22H36N6O24S4.8Na/c29-15(23-11(19(33)34)7-53(41,42)43)3-27(4-16(30)24-12(20(35)36)8-54(44,45)46)1-2-28(5-17(31)25-13(21(37)38)9-55(47,48)49)6-18(32)26-14(22(39)40)10-56(50,51)52;;;;;;;;/h11-14H,1-10H2,(H,23,29)(H,24,30)(H,25,31)(H,26,32)(H,33,34)(H,35,36)(H,37,38)(H,39,40)(H,41,42,43)(H,44,45,46)(H,47,48,49)(H,50,51,52);;;;;;;;/q;8*+1/p-8. The number of aliphatic carboxylic acids is 4. The van der Waals surface area contributed by atoms with Crippen molar-refractivity contribution in [1.29, 1.82) is 0 Å². The van der Waals surface area contributed by atoms with Crippen LogP contribution < -0.4 is 278 Å². The molecule has 0 bridgehead atoms. The van der Waals surface area contributed by atoms with Crippen molar-refractivity contribution in [2.24, 2.45) is 0 Å². The van der Waals surface area contributed by atoms with Gasteiger partial charge in [-0.3, -0.25) is 29.0 Å². The first-order valence-corrected chi connectivity index (χ1v) is 20.7. The summed E-state index contributed by atoms with van der Waals surface area (Å²) in [5.74, 6) is -22.6. The first kappa shape index (κ1) is 87.1. The van der Waals surface area contributed by atoms with Crippen LogP contribution in [0.4, 0.5) is 0 Å². The van der Waals surface area contributed by atoms with E-state index in [1.165, 1.54) is 21.3 Å². The minimum atomic E-state index is -5.36. The Hall–Kier alpha value is 3.32. The fourth-order valence-corrected chi connectivity index (χ4v) is 6.48. The van der Waals surface area contributed by atoms with Crippen molar-refractivity contribution in [3.8, 4) is 0 Å². The van der Waals surface area contributed by atoms with E-state index in [1.54, 1.807) is 0 Å². The van der Waals surface area contributed by atoms with E-state index in [-0.39, 0.29) is 236 Å². The van der Waals surface area contributed by atoms with E-state index in [0.717, 1.165) is 0 Å². The fraction of sp³-hybridized carbons (Fsp3) is 0.636. The summed E-state index contributed by atoms with van der Waals surface area (Å²) in [7, 11) is -21.4. The number of nitrogens with zero attached hydrogens (tertiary/aromatic N) is 2. The Morgan fingerprint density at radius 1 is 0.344 bits per heavy atom. The van der Waals surface area contributed by atoms with Gasteiger partial charge in [0.1, 0.15) is 0 Å². The molecule has 322 valence electrons. The predicted octanol–water partition coefficient (Wildman–Crippen LogP) is -39.3. The number of rotatable bonds is 27. The van der Waals surface area contributed by atoms with E-state index in [2.05, 4.69) is 0 Å². The third-order valence-electron chi connectivity index (χ3n) is 6.16. The van der Waals surface area contributed by atoms with Gasteiger partial charge in [0.25, 0.3) is 0 Å². The van der Waals surface area contributed by atoms with Gasteiger partial charge in [-0.15, -0.1) is 0 Å². The van der Waals surface area contributed by atoms with E-state index in [4.69, 9.17) is 0 Å². The van der Waals surface area contributed by atoms with Crippen LogP contribution in [0.3, 0.4) is 0 Å². The van der Waals surface area contributed by atoms with Gasteiger partial charge in [-0.25, -0.2) is 33.7 Å². The number of carboxylic acids is 4. The Morgan fingerprint density at radius 3 is 0.594 bits per heavy atom. The SMILES string of the molecule is O=C(CN(CCN(CC(=O)NC(CS(=O)(=O)[O-])C(=O)[O-])CC(=O)NC(CS(=O)(=O)[O-])C(=O)[O-])CC(=O)NC(CS(=O)(=O)[O-])C(=O)[O-])NC(CS(=O)(=O)[O-])C(=O)[O-].[Na+].[Na+].[Na+].[Na+].[Na+].[Na+].[Na+].[Na+]. The Morgan fingerprint density at radius 2 is 0.484 bits per heavy atom. The molecule has 0 rings (SSSR count). The normalized spacial score (nSPS) is 12.7. The van der Waals surface area contributed by atoms with Gasteiger partial charge in [0.05, 0.1) is 138 Å². The van der Waals surface area contributed by atoms with Gasteiger partial charge in [-0.2, -0.15) is 0 Å². The summed E-state index contributed by atoms with van der Waals surface area (Å²) in [6.45, 7) is -6.93. The third kappa shape index (κ3) is 46.4. The predicted molar refractivity (Wildman–Crippen MR) is 159 cm³/mol. The van der Waals surface area contributed by atoms with Gasteiger partial charge in [0.2, 0.25) is 23.6 Å². The topological polar surface area (TPSA) is 512 Å². The van der Waals surface area contributed by atoms with Gasteiger partial charge in [0.15, 0.2) is 0 Å². The van der Waals surface area contributed by atoms with Crippen LogP contribution in [-0.2, 0) is 78.8 Å². The van der Waals surface area contributed by atoms with E-state index < -0.39 is 174 Å². The van der Waals surface area contributed by atoms with Crippen LogP contribution in [-0.4, -0.2) is 196 Å². The molecule has 0 fully saturated rings. The van der Waals surface area contributed by atoms with Crippen LogP contribution >= 0.6 is 0 Å². The molecule has 0 aliphatic rings. The maximum Gasteiger partial charge on any atom is 1.00 e. The van der Waals surface area contributed by atoms with Gasteiger partial charge >= 0.3 is 236 Å². The Bertz CT molecular complexity index is 1710. The minimum Gasteiger partial charge on any atom is -0.748 e. The smallest absolute Gasteiger partial charge is 0.748 e. The second kappa shape index (κ2) is 40.8. The fourth-order valence-electron chi connectivity index (χ4n) is 3.97. The van der Waals surface area contributed by atoms with Crippen molar-refractivity contribution in [2.45, 2.75) is 24.2 Å². The molecular weight excluding hydrogens is 1040 g/mol. The molecule has 0 saturated heterocycles. The zero-order chi connectivity index (χ0) is 44.0. The summed E-state index contributed by atoms with van der Waals surface area (Å²) in [6, 6.07) is -10.1. The van der Waals surface area contributed by atoms with Gasteiger partial charge in [0, 0.05) is 13.1 Å². The van der Waals surface area contributed by atoms with Gasteiger partial charge in [-0.1, -0.05) is 0 Å². The number of carbonyl (C=O) groups is 8. The zero-order valence-electron chi connectivity index (χ0n) is 35.7. The maximum absolute atomic E-state index is 12.6. The van der Waals surface area contributed by atoms with E-state index in [1.807, 2.05) is 0 Å². The van der Waals surface area contributed by atoms with Gasteiger partial charge in [-0.05, 0) is 0 Å². The molecule has 0 aromatic carbocycles. The molecule has 0 aromatic rings. The van der Waals surface area contributed by atoms with Crippen molar-refractivity contribution in [3.05, 3.63) is 0 Å². The third-order valence-corrected chi connectivity index (χ3v) is 9.13. The molecule has 0 heterocycles. The molecule has 0 radical (unpaired) electrons. The summed E-state index contributed by atoms with van der Waals surface area (Å²) in [5.41, 5.74) is 0. The summed E-state index contributed by atoms with van der Waals surface area (Å²) in [6.07, 6.45) is 0. The van der Waals surface area contributed by atoms with E-state index in [0.29, 0.717) is 9.80 Å². The Kier molecular flexibility index (Phi) is 55.4. The molecule has 0 aromatic heterocycles. The number of hydrogen-bond acceptors (Lipinski definition) is 26. The molecule has 0 saturated carbocycles. The summed E-state index contributed by atoms with van der Waals surface area (Å²) in [5, 5.41) is 51.2. The van der Waals surface area contributed by atoms with Crippen molar-refractivity contribution >= 4 is 88.0 Å². The van der Waals surface area contributed by atoms with E-state index >= 15 is 0 Å². The minimum absolute atomic E-state index is 0. The van der Waals surface area contributed by atoms with Crippen LogP contribution in [0.1, 0.15) is 0 Å². The number of carboxylic acid groups (broad SMARTS) is 4. The van der Waals surface area contributed by atoms with Gasteiger partial charge < -0.3 is 79.1 Å². The number of nitrogens with one attached hydrogen (secondary N) is 4. The average molecular weight is 1070 g/mol. The number of carbonyl (C=O) groups excluding carboxylic acids is 8. The van der Waals surface area contributed by atoms with Crippen LogP contribution in [0.25, 0.3) is 0 Å².